The molecule has 26 heavy (non-hydrogen) atoms. The van der Waals surface area contributed by atoms with Crippen LogP contribution in [0.2, 0.25) is 0 Å². The maximum absolute atomic E-state index is 12.3. The smallest absolute Gasteiger partial charge is 0.243 e. The lowest BCUT2D eigenvalue weighted by molar-refractivity contribution is -0.114. The molecule has 0 radical (unpaired) electrons. The van der Waals surface area contributed by atoms with E-state index >= 15 is 0 Å². The summed E-state index contributed by atoms with van der Waals surface area (Å²) in [6.45, 7) is 6.84. The Labute approximate surface area is 155 Å². The van der Waals surface area contributed by atoms with Crippen LogP contribution in [0.25, 0.3) is 0 Å². The van der Waals surface area contributed by atoms with Crippen molar-refractivity contribution < 1.29 is 14.3 Å². The second-order valence-electron chi connectivity index (χ2n) is 6.26. The first-order chi connectivity index (χ1) is 12.6. The van der Waals surface area contributed by atoms with Crippen LogP contribution in [0.4, 0.5) is 11.4 Å². The molecule has 0 heterocycles. The van der Waals surface area contributed by atoms with Crippen LogP contribution in [0.15, 0.2) is 48.5 Å². The topological polar surface area (TPSA) is 59.6 Å². The summed E-state index contributed by atoms with van der Waals surface area (Å²) in [4.78, 5) is 12.3. The van der Waals surface area contributed by atoms with Crippen molar-refractivity contribution in [2.75, 3.05) is 23.8 Å². The zero-order valence-electron chi connectivity index (χ0n) is 15.7. The van der Waals surface area contributed by atoms with Gasteiger partial charge in [-0.3, -0.25) is 4.79 Å². The fourth-order valence-electron chi connectivity index (χ4n) is 2.36. The number of benzene rings is 2. The third-order valence-corrected chi connectivity index (χ3v) is 3.61. The first-order valence-electron chi connectivity index (χ1n) is 9.11. The van der Waals surface area contributed by atoms with E-state index in [1.54, 1.807) is 0 Å². The van der Waals surface area contributed by atoms with Gasteiger partial charge in [0.25, 0.3) is 0 Å². The molecular formula is C21H28N2O3. The van der Waals surface area contributed by atoms with E-state index in [0.29, 0.717) is 18.0 Å². The van der Waals surface area contributed by atoms with Gasteiger partial charge in [-0.25, -0.2) is 0 Å². The third kappa shape index (κ3) is 6.31. The van der Waals surface area contributed by atoms with E-state index in [4.69, 9.17) is 9.47 Å². The Morgan fingerprint density at radius 3 is 2.35 bits per heavy atom. The third-order valence-electron chi connectivity index (χ3n) is 3.61. The van der Waals surface area contributed by atoms with E-state index in [-0.39, 0.29) is 18.6 Å². The molecule has 2 rings (SSSR count). The number of carbonyl (C=O) groups is 1. The summed E-state index contributed by atoms with van der Waals surface area (Å²) in [5.74, 6) is 1.28. The number of anilines is 2. The lowest BCUT2D eigenvalue weighted by Gasteiger charge is -2.16. The van der Waals surface area contributed by atoms with Crippen LogP contribution in [-0.2, 0) is 4.79 Å². The molecule has 2 aromatic carbocycles. The minimum atomic E-state index is -0.143. The number of ether oxygens (including phenoxy) is 2. The van der Waals surface area contributed by atoms with Crippen LogP contribution in [0.5, 0.6) is 11.5 Å². The predicted molar refractivity (Wildman–Crippen MR) is 106 cm³/mol. The second kappa shape index (κ2) is 10.3. The van der Waals surface area contributed by atoms with Gasteiger partial charge >= 0.3 is 0 Å². The molecule has 0 atom stereocenters. The van der Waals surface area contributed by atoms with Crippen LogP contribution in [0.1, 0.15) is 33.6 Å². The normalized spacial score (nSPS) is 10.5. The fourth-order valence-corrected chi connectivity index (χ4v) is 2.36. The molecule has 0 saturated heterocycles. The van der Waals surface area contributed by atoms with Crippen molar-refractivity contribution >= 4 is 17.3 Å². The Bertz CT molecular complexity index is 701. The molecule has 2 aromatic rings. The van der Waals surface area contributed by atoms with Gasteiger partial charge in [0.1, 0.15) is 11.5 Å². The van der Waals surface area contributed by atoms with E-state index in [9.17, 15) is 4.79 Å². The predicted octanol–water partition coefficient (Wildman–Crippen LogP) is 4.70. The maximum Gasteiger partial charge on any atom is 0.243 e. The summed E-state index contributed by atoms with van der Waals surface area (Å²) in [5.41, 5.74) is 1.48. The SMILES string of the molecule is CCCCOc1ccccc1NC(=O)CNc1ccccc1OC(C)C. The molecule has 0 fully saturated rings. The zero-order chi connectivity index (χ0) is 18.8. The van der Waals surface area contributed by atoms with Gasteiger partial charge in [0.05, 0.1) is 30.6 Å². The van der Waals surface area contributed by atoms with Crippen molar-refractivity contribution in [3.63, 3.8) is 0 Å². The Balaban J connectivity index is 1.94. The van der Waals surface area contributed by atoms with E-state index in [1.807, 2.05) is 62.4 Å². The summed E-state index contributed by atoms with van der Waals surface area (Å²) in [7, 11) is 0. The first-order valence-corrected chi connectivity index (χ1v) is 9.11. The molecule has 0 unspecified atom stereocenters. The van der Waals surface area contributed by atoms with Gasteiger partial charge in [-0.05, 0) is 44.5 Å². The molecule has 2 N–H and O–H groups in total. The van der Waals surface area contributed by atoms with Crippen molar-refractivity contribution in [3.8, 4) is 11.5 Å². The van der Waals surface area contributed by atoms with Gasteiger partial charge in [-0.2, -0.15) is 0 Å². The number of amides is 1. The van der Waals surface area contributed by atoms with Crippen LogP contribution in [0, 0.1) is 0 Å². The molecule has 5 nitrogen and oxygen atoms in total. The monoisotopic (exact) mass is 356 g/mol. The lowest BCUT2D eigenvalue weighted by atomic mass is 10.2. The maximum atomic E-state index is 12.3. The van der Waals surface area contributed by atoms with Gasteiger partial charge in [0, 0.05) is 0 Å². The van der Waals surface area contributed by atoms with E-state index in [2.05, 4.69) is 17.6 Å². The molecule has 0 aliphatic carbocycles. The molecular weight excluding hydrogens is 328 g/mol. The highest BCUT2D eigenvalue weighted by Gasteiger charge is 2.09. The number of nitrogens with one attached hydrogen (secondary N) is 2. The molecule has 0 aliphatic heterocycles. The standard InChI is InChI=1S/C21H28N2O3/c1-4-5-14-25-19-12-8-7-11-18(19)23-21(24)15-22-17-10-6-9-13-20(17)26-16(2)3/h6-13,16,22H,4-5,14-15H2,1-3H3,(H,23,24). The number of hydrogen-bond donors (Lipinski definition) is 2. The average Bonchev–Trinajstić information content (AvgIpc) is 2.62. The average molecular weight is 356 g/mol. The minimum Gasteiger partial charge on any atom is -0.491 e. The molecule has 0 aromatic heterocycles. The quantitative estimate of drug-likeness (QED) is 0.606. The van der Waals surface area contributed by atoms with Crippen molar-refractivity contribution in [2.45, 2.75) is 39.7 Å². The van der Waals surface area contributed by atoms with Crippen molar-refractivity contribution in [1.29, 1.82) is 0 Å². The van der Waals surface area contributed by atoms with Crippen LogP contribution < -0.4 is 20.1 Å². The highest BCUT2D eigenvalue weighted by molar-refractivity contribution is 5.95. The van der Waals surface area contributed by atoms with E-state index in [1.165, 1.54) is 0 Å². The van der Waals surface area contributed by atoms with E-state index < -0.39 is 0 Å². The molecule has 5 heteroatoms. The largest absolute Gasteiger partial charge is 0.491 e. The lowest BCUT2D eigenvalue weighted by Crippen LogP contribution is -2.22. The van der Waals surface area contributed by atoms with Crippen molar-refractivity contribution in [3.05, 3.63) is 48.5 Å². The number of unbranched alkanes of at least 4 members (excludes halogenated alkanes) is 1. The Morgan fingerprint density at radius 1 is 1.00 bits per heavy atom. The summed E-state index contributed by atoms with van der Waals surface area (Å²) in [6, 6.07) is 15.1. The van der Waals surface area contributed by atoms with Crippen LogP contribution in [-0.4, -0.2) is 25.2 Å². The molecule has 0 bridgehead atoms. The Morgan fingerprint density at radius 2 is 1.65 bits per heavy atom. The summed E-state index contributed by atoms with van der Waals surface area (Å²) >= 11 is 0. The van der Waals surface area contributed by atoms with Gasteiger partial charge in [0.15, 0.2) is 0 Å². The van der Waals surface area contributed by atoms with Crippen LogP contribution >= 0.6 is 0 Å². The number of hydrogen-bond acceptors (Lipinski definition) is 4. The molecule has 0 aliphatic rings. The highest BCUT2D eigenvalue weighted by atomic mass is 16.5. The molecule has 0 saturated carbocycles. The number of para-hydroxylation sites is 4. The Kier molecular flexibility index (Phi) is 7.80. The number of rotatable bonds is 10. The van der Waals surface area contributed by atoms with Gasteiger partial charge in [-0.1, -0.05) is 37.6 Å². The summed E-state index contributed by atoms with van der Waals surface area (Å²) < 4.78 is 11.5. The fraction of sp³-hybridized carbons (Fsp3) is 0.381. The zero-order valence-corrected chi connectivity index (χ0v) is 15.7. The minimum absolute atomic E-state index is 0.0684. The van der Waals surface area contributed by atoms with Gasteiger partial charge < -0.3 is 20.1 Å². The first kappa shape index (κ1) is 19.6. The second-order valence-corrected chi connectivity index (χ2v) is 6.26. The highest BCUT2D eigenvalue weighted by Crippen LogP contribution is 2.26. The molecule has 140 valence electrons. The van der Waals surface area contributed by atoms with Gasteiger partial charge in [0.2, 0.25) is 5.91 Å². The van der Waals surface area contributed by atoms with Crippen molar-refractivity contribution in [1.82, 2.24) is 0 Å². The molecule has 0 spiro atoms. The van der Waals surface area contributed by atoms with Crippen LogP contribution in [0.3, 0.4) is 0 Å². The summed E-state index contributed by atoms with van der Waals surface area (Å²) in [6.07, 6.45) is 2.12. The molecule has 1 amide bonds. The summed E-state index contributed by atoms with van der Waals surface area (Å²) in [5, 5.41) is 6.03. The van der Waals surface area contributed by atoms with E-state index in [0.717, 1.165) is 24.3 Å². The number of carbonyl (C=O) groups excluding carboxylic acids is 1. The Hall–Kier alpha value is -2.69. The van der Waals surface area contributed by atoms with Gasteiger partial charge in [-0.15, -0.1) is 0 Å². The van der Waals surface area contributed by atoms with Crippen molar-refractivity contribution in [2.24, 2.45) is 0 Å².